The number of hydrogen-bond acceptors (Lipinski definition) is 3. The van der Waals surface area contributed by atoms with Crippen LogP contribution < -0.4 is 10.2 Å². The molecule has 0 amide bonds. The fraction of sp³-hybridized carbons (Fsp3) is 0.353. The van der Waals surface area contributed by atoms with Gasteiger partial charge in [0.1, 0.15) is 0 Å². The molecule has 20 heavy (non-hydrogen) atoms. The van der Waals surface area contributed by atoms with E-state index < -0.39 is 0 Å². The summed E-state index contributed by atoms with van der Waals surface area (Å²) in [6.07, 6.45) is 1.96. The van der Waals surface area contributed by atoms with E-state index in [1.54, 1.807) is 0 Å². The number of benzene rings is 1. The molecule has 0 spiro atoms. The lowest BCUT2D eigenvalue weighted by Gasteiger charge is -2.25. The number of anilines is 2. The van der Waals surface area contributed by atoms with Crippen molar-refractivity contribution in [2.75, 3.05) is 19.0 Å². The van der Waals surface area contributed by atoms with Crippen molar-refractivity contribution in [3.63, 3.8) is 0 Å². The number of hydrogen-bond donors (Lipinski definition) is 1. The van der Waals surface area contributed by atoms with E-state index in [2.05, 4.69) is 60.4 Å². The minimum absolute atomic E-state index is 0.817. The second-order valence-corrected chi connectivity index (χ2v) is 5.33. The molecule has 2 aromatic rings. The number of pyridine rings is 1. The molecule has 106 valence electrons. The molecule has 1 heterocycles. The molecule has 1 aromatic heterocycles. The fourth-order valence-corrected chi connectivity index (χ4v) is 2.52. The van der Waals surface area contributed by atoms with Gasteiger partial charge in [0, 0.05) is 42.4 Å². The van der Waals surface area contributed by atoms with Crippen LogP contribution in [0.4, 0.5) is 11.4 Å². The summed E-state index contributed by atoms with van der Waals surface area (Å²) >= 11 is 0. The van der Waals surface area contributed by atoms with Gasteiger partial charge in [-0.25, -0.2) is 0 Å². The Balaban J connectivity index is 2.46. The molecule has 0 aliphatic rings. The van der Waals surface area contributed by atoms with Gasteiger partial charge >= 0.3 is 0 Å². The predicted molar refractivity (Wildman–Crippen MR) is 85.7 cm³/mol. The number of aryl methyl sites for hydroxylation is 3. The van der Waals surface area contributed by atoms with Gasteiger partial charge in [0.2, 0.25) is 0 Å². The summed E-state index contributed by atoms with van der Waals surface area (Å²) in [5.74, 6) is 0. The Morgan fingerprint density at radius 1 is 1.10 bits per heavy atom. The van der Waals surface area contributed by atoms with Gasteiger partial charge in [-0.3, -0.25) is 4.98 Å². The molecule has 3 heteroatoms. The van der Waals surface area contributed by atoms with Crippen LogP contribution in [-0.2, 0) is 6.54 Å². The smallest absolute Gasteiger partial charge is 0.0487 e. The van der Waals surface area contributed by atoms with E-state index in [-0.39, 0.29) is 0 Å². The van der Waals surface area contributed by atoms with Crippen LogP contribution >= 0.6 is 0 Å². The van der Waals surface area contributed by atoms with Crippen molar-refractivity contribution in [1.82, 2.24) is 10.3 Å². The zero-order valence-corrected chi connectivity index (χ0v) is 13.0. The summed E-state index contributed by atoms with van der Waals surface area (Å²) in [5.41, 5.74) is 7.27. The van der Waals surface area contributed by atoms with E-state index in [0.717, 1.165) is 12.2 Å². The van der Waals surface area contributed by atoms with Crippen molar-refractivity contribution < 1.29 is 0 Å². The predicted octanol–water partition coefficient (Wildman–Crippen LogP) is 3.49. The highest BCUT2D eigenvalue weighted by molar-refractivity contribution is 5.68. The maximum absolute atomic E-state index is 4.40. The molecular weight excluding hydrogens is 246 g/mol. The van der Waals surface area contributed by atoms with Crippen LogP contribution in [0.2, 0.25) is 0 Å². The number of aromatic nitrogens is 1. The maximum atomic E-state index is 4.40. The summed E-state index contributed by atoms with van der Waals surface area (Å²) in [6.45, 7) is 7.13. The number of rotatable bonds is 4. The molecular formula is C17H23N3. The second-order valence-electron chi connectivity index (χ2n) is 5.33. The van der Waals surface area contributed by atoms with Gasteiger partial charge in [-0.05, 0) is 45.5 Å². The van der Waals surface area contributed by atoms with Gasteiger partial charge in [0.15, 0.2) is 0 Å². The van der Waals surface area contributed by atoms with E-state index in [0.29, 0.717) is 0 Å². The molecule has 0 unspecified atom stereocenters. The van der Waals surface area contributed by atoms with Crippen LogP contribution in [0.15, 0.2) is 30.5 Å². The Labute approximate surface area is 121 Å². The Morgan fingerprint density at radius 2 is 1.85 bits per heavy atom. The Kier molecular flexibility index (Phi) is 4.40. The molecule has 0 aliphatic heterocycles. The van der Waals surface area contributed by atoms with Crippen LogP contribution in [0.5, 0.6) is 0 Å². The zero-order chi connectivity index (χ0) is 14.7. The first kappa shape index (κ1) is 14.5. The quantitative estimate of drug-likeness (QED) is 0.921. The normalized spacial score (nSPS) is 10.7. The number of nitrogens with zero attached hydrogens (tertiary/aromatic N) is 2. The van der Waals surface area contributed by atoms with Crippen molar-refractivity contribution in [2.24, 2.45) is 0 Å². The van der Waals surface area contributed by atoms with Crippen LogP contribution in [0, 0.1) is 20.8 Å². The van der Waals surface area contributed by atoms with Gasteiger partial charge in [-0.2, -0.15) is 0 Å². The van der Waals surface area contributed by atoms with Crippen LogP contribution in [0.25, 0.3) is 0 Å². The second kappa shape index (κ2) is 6.06. The van der Waals surface area contributed by atoms with Crippen molar-refractivity contribution in [3.8, 4) is 0 Å². The summed E-state index contributed by atoms with van der Waals surface area (Å²) < 4.78 is 0. The third-order valence-electron chi connectivity index (χ3n) is 3.54. The van der Waals surface area contributed by atoms with Crippen LogP contribution in [0.1, 0.15) is 22.4 Å². The Hall–Kier alpha value is -1.87. The first-order valence-corrected chi connectivity index (χ1v) is 6.94. The molecule has 0 saturated carbocycles. The third kappa shape index (κ3) is 2.99. The van der Waals surface area contributed by atoms with Gasteiger partial charge in [0.25, 0.3) is 0 Å². The molecule has 0 aliphatic carbocycles. The lowest BCUT2D eigenvalue weighted by molar-refractivity contribution is 0.809. The lowest BCUT2D eigenvalue weighted by atomic mass is 10.1. The van der Waals surface area contributed by atoms with Crippen LogP contribution in [0.3, 0.4) is 0 Å². The monoisotopic (exact) mass is 269 g/mol. The molecule has 0 radical (unpaired) electrons. The summed E-state index contributed by atoms with van der Waals surface area (Å²) in [7, 11) is 4.08. The van der Waals surface area contributed by atoms with E-state index in [1.165, 1.54) is 28.1 Å². The summed E-state index contributed by atoms with van der Waals surface area (Å²) in [6, 6.07) is 8.71. The van der Waals surface area contributed by atoms with E-state index >= 15 is 0 Å². The molecule has 0 fully saturated rings. The highest BCUT2D eigenvalue weighted by atomic mass is 15.1. The molecule has 1 N–H and O–H groups in total. The molecule has 0 saturated heterocycles. The Bertz CT molecular complexity index is 605. The SMILES string of the molecule is CNCc1cnc(C)cc1N(C)c1ccc(C)cc1C. The largest absolute Gasteiger partial charge is 0.344 e. The maximum Gasteiger partial charge on any atom is 0.0487 e. The minimum Gasteiger partial charge on any atom is -0.344 e. The van der Waals surface area contributed by atoms with Gasteiger partial charge in [-0.1, -0.05) is 17.7 Å². The van der Waals surface area contributed by atoms with Gasteiger partial charge in [-0.15, -0.1) is 0 Å². The van der Waals surface area contributed by atoms with Gasteiger partial charge in [0.05, 0.1) is 0 Å². The zero-order valence-electron chi connectivity index (χ0n) is 13.0. The first-order valence-electron chi connectivity index (χ1n) is 6.94. The molecule has 2 rings (SSSR count). The molecule has 0 atom stereocenters. The summed E-state index contributed by atoms with van der Waals surface area (Å²) in [4.78, 5) is 6.65. The molecule has 3 nitrogen and oxygen atoms in total. The Morgan fingerprint density at radius 3 is 2.50 bits per heavy atom. The first-order chi connectivity index (χ1) is 9.52. The average molecular weight is 269 g/mol. The van der Waals surface area contributed by atoms with Crippen molar-refractivity contribution in [1.29, 1.82) is 0 Å². The number of nitrogens with one attached hydrogen (secondary N) is 1. The van der Waals surface area contributed by atoms with Crippen molar-refractivity contribution in [2.45, 2.75) is 27.3 Å². The topological polar surface area (TPSA) is 28.2 Å². The standard InChI is InChI=1S/C17H23N3/c1-12-6-7-16(13(2)8-12)20(5)17-9-14(3)19-11-15(17)10-18-4/h6-9,11,18H,10H2,1-5H3. The minimum atomic E-state index is 0.817. The van der Waals surface area contributed by atoms with Crippen molar-refractivity contribution >= 4 is 11.4 Å². The average Bonchev–Trinajstić information content (AvgIpc) is 2.40. The lowest BCUT2D eigenvalue weighted by Crippen LogP contribution is -2.16. The van der Waals surface area contributed by atoms with Gasteiger partial charge < -0.3 is 10.2 Å². The van der Waals surface area contributed by atoms with Crippen LogP contribution in [-0.4, -0.2) is 19.1 Å². The van der Waals surface area contributed by atoms with Crippen molar-refractivity contribution in [3.05, 3.63) is 52.8 Å². The molecule has 1 aromatic carbocycles. The summed E-state index contributed by atoms with van der Waals surface area (Å²) in [5, 5.41) is 3.21. The fourth-order valence-electron chi connectivity index (χ4n) is 2.52. The highest BCUT2D eigenvalue weighted by Crippen LogP contribution is 2.30. The van der Waals surface area contributed by atoms with E-state index in [9.17, 15) is 0 Å². The molecule has 0 bridgehead atoms. The van der Waals surface area contributed by atoms with E-state index in [1.807, 2.05) is 20.2 Å². The highest BCUT2D eigenvalue weighted by Gasteiger charge is 2.12. The van der Waals surface area contributed by atoms with E-state index in [4.69, 9.17) is 0 Å². The third-order valence-corrected chi connectivity index (χ3v) is 3.54.